The van der Waals surface area contributed by atoms with Crippen molar-refractivity contribution in [2.45, 2.75) is 56.6 Å². The Bertz CT molecular complexity index is 408. The monoisotopic (exact) mass is 326 g/mol. The molecule has 106 valence electrons. The second-order valence-electron chi connectivity index (χ2n) is 6.10. The molecule has 3 atom stereocenters. The lowest BCUT2D eigenvalue weighted by atomic mass is 9.87. The molecule has 3 unspecified atom stereocenters. The van der Waals surface area contributed by atoms with Crippen molar-refractivity contribution in [3.05, 3.63) is 29.8 Å². The summed E-state index contributed by atoms with van der Waals surface area (Å²) in [5.41, 5.74) is 1.51. The summed E-state index contributed by atoms with van der Waals surface area (Å²) in [6.45, 7) is 9.41. The predicted molar refractivity (Wildman–Crippen MR) is 82.3 cm³/mol. The molecule has 0 amide bonds. The standard InChI is InChI=1S/C16H23BrO2/c1-5-18-15-13(17)10-14(15)19-12-8-6-11(7-9-12)16(2,3)4/h6-9,13-15H,5,10H2,1-4H3. The summed E-state index contributed by atoms with van der Waals surface area (Å²) in [7, 11) is 0. The maximum absolute atomic E-state index is 6.00. The summed E-state index contributed by atoms with van der Waals surface area (Å²) >= 11 is 3.61. The molecular formula is C16H23BrO2. The Morgan fingerprint density at radius 3 is 2.32 bits per heavy atom. The first-order valence-electron chi connectivity index (χ1n) is 6.94. The van der Waals surface area contributed by atoms with Gasteiger partial charge < -0.3 is 9.47 Å². The van der Waals surface area contributed by atoms with Crippen LogP contribution >= 0.6 is 15.9 Å². The lowest BCUT2D eigenvalue weighted by Crippen LogP contribution is -2.52. The van der Waals surface area contributed by atoms with Gasteiger partial charge in [0.25, 0.3) is 0 Å². The van der Waals surface area contributed by atoms with Crippen LogP contribution in [-0.4, -0.2) is 23.6 Å². The molecule has 0 heterocycles. The maximum Gasteiger partial charge on any atom is 0.127 e. The van der Waals surface area contributed by atoms with E-state index >= 15 is 0 Å². The summed E-state index contributed by atoms with van der Waals surface area (Å²) in [5.74, 6) is 0.933. The van der Waals surface area contributed by atoms with Crippen molar-refractivity contribution in [3.8, 4) is 5.75 Å². The highest BCUT2D eigenvalue weighted by atomic mass is 79.9. The van der Waals surface area contributed by atoms with Crippen LogP contribution < -0.4 is 4.74 Å². The molecule has 1 aromatic rings. The van der Waals surface area contributed by atoms with Crippen LogP contribution in [0.25, 0.3) is 0 Å². The van der Waals surface area contributed by atoms with Crippen molar-refractivity contribution in [3.63, 3.8) is 0 Å². The Balaban J connectivity index is 1.97. The van der Waals surface area contributed by atoms with E-state index in [4.69, 9.17) is 9.47 Å². The first kappa shape index (κ1) is 14.9. The van der Waals surface area contributed by atoms with E-state index in [9.17, 15) is 0 Å². The van der Waals surface area contributed by atoms with Crippen LogP contribution in [0.4, 0.5) is 0 Å². The van der Waals surface area contributed by atoms with Gasteiger partial charge in [-0.2, -0.15) is 0 Å². The largest absolute Gasteiger partial charge is 0.488 e. The van der Waals surface area contributed by atoms with Crippen LogP contribution in [0.5, 0.6) is 5.75 Å². The van der Waals surface area contributed by atoms with E-state index in [1.165, 1.54) is 5.56 Å². The number of benzene rings is 1. The highest BCUT2D eigenvalue weighted by Gasteiger charge is 2.42. The molecule has 0 radical (unpaired) electrons. The number of halogens is 1. The third-order valence-electron chi connectivity index (χ3n) is 3.55. The van der Waals surface area contributed by atoms with Gasteiger partial charge in [0, 0.05) is 17.9 Å². The third kappa shape index (κ3) is 3.51. The van der Waals surface area contributed by atoms with E-state index in [2.05, 4.69) is 61.0 Å². The second kappa shape index (κ2) is 5.84. The molecule has 0 aliphatic heterocycles. The highest BCUT2D eigenvalue weighted by Crippen LogP contribution is 2.34. The molecule has 1 saturated carbocycles. The first-order valence-corrected chi connectivity index (χ1v) is 7.86. The average Bonchev–Trinajstić information content (AvgIpc) is 2.35. The molecule has 2 nitrogen and oxygen atoms in total. The van der Waals surface area contributed by atoms with Gasteiger partial charge in [0.15, 0.2) is 0 Å². The van der Waals surface area contributed by atoms with Crippen LogP contribution in [0.1, 0.15) is 39.7 Å². The number of rotatable bonds is 4. The van der Waals surface area contributed by atoms with Crippen molar-refractivity contribution < 1.29 is 9.47 Å². The van der Waals surface area contributed by atoms with Crippen LogP contribution in [0.3, 0.4) is 0 Å². The van der Waals surface area contributed by atoms with E-state index in [-0.39, 0.29) is 17.6 Å². The topological polar surface area (TPSA) is 18.5 Å². The molecule has 1 fully saturated rings. The van der Waals surface area contributed by atoms with E-state index in [1.807, 2.05) is 6.92 Å². The molecule has 0 spiro atoms. The quantitative estimate of drug-likeness (QED) is 0.768. The van der Waals surface area contributed by atoms with Crippen LogP contribution in [0.2, 0.25) is 0 Å². The number of hydrogen-bond acceptors (Lipinski definition) is 2. The average molecular weight is 327 g/mol. The van der Waals surface area contributed by atoms with Crippen LogP contribution in [-0.2, 0) is 10.2 Å². The van der Waals surface area contributed by atoms with Gasteiger partial charge in [0.2, 0.25) is 0 Å². The zero-order valence-electron chi connectivity index (χ0n) is 12.2. The van der Waals surface area contributed by atoms with Gasteiger partial charge in [-0.1, -0.05) is 48.8 Å². The Hall–Kier alpha value is -0.540. The molecule has 3 heteroatoms. The van der Waals surface area contributed by atoms with E-state index in [1.54, 1.807) is 0 Å². The lowest BCUT2D eigenvalue weighted by molar-refractivity contribution is -0.0723. The van der Waals surface area contributed by atoms with Crippen molar-refractivity contribution in [1.82, 2.24) is 0 Å². The Morgan fingerprint density at radius 2 is 1.84 bits per heavy atom. The molecule has 1 aliphatic carbocycles. The van der Waals surface area contributed by atoms with Crippen molar-refractivity contribution in [2.75, 3.05) is 6.61 Å². The summed E-state index contributed by atoms with van der Waals surface area (Å²) in [6, 6.07) is 8.42. The van der Waals surface area contributed by atoms with Gasteiger partial charge >= 0.3 is 0 Å². The minimum absolute atomic E-state index is 0.171. The number of alkyl halides is 1. The zero-order valence-corrected chi connectivity index (χ0v) is 13.7. The van der Waals surface area contributed by atoms with E-state index in [0.29, 0.717) is 4.83 Å². The molecule has 1 aliphatic rings. The molecular weight excluding hydrogens is 304 g/mol. The zero-order chi connectivity index (χ0) is 14.0. The van der Waals surface area contributed by atoms with E-state index in [0.717, 1.165) is 18.8 Å². The fourth-order valence-corrected chi connectivity index (χ4v) is 3.12. The van der Waals surface area contributed by atoms with Gasteiger partial charge in [-0.25, -0.2) is 0 Å². The van der Waals surface area contributed by atoms with Gasteiger partial charge in [-0.15, -0.1) is 0 Å². The Labute approximate surface area is 124 Å². The highest BCUT2D eigenvalue weighted by molar-refractivity contribution is 9.09. The minimum Gasteiger partial charge on any atom is -0.488 e. The maximum atomic E-state index is 6.00. The fourth-order valence-electron chi connectivity index (χ4n) is 2.25. The van der Waals surface area contributed by atoms with Gasteiger partial charge in [0.05, 0.1) is 0 Å². The summed E-state index contributed by atoms with van der Waals surface area (Å²) in [4.78, 5) is 0.422. The number of hydrogen-bond donors (Lipinski definition) is 0. The minimum atomic E-state index is 0.171. The summed E-state index contributed by atoms with van der Waals surface area (Å²) < 4.78 is 11.7. The number of ether oxygens (including phenoxy) is 2. The molecule has 0 bridgehead atoms. The van der Waals surface area contributed by atoms with Crippen LogP contribution in [0, 0.1) is 0 Å². The van der Waals surface area contributed by atoms with Gasteiger partial charge in [-0.05, 0) is 30.0 Å². The summed E-state index contributed by atoms with van der Waals surface area (Å²) in [5, 5.41) is 0. The normalized spacial score (nSPS) is 26.9. The Kier molecular flexibility index (Phi) is 4.57. The first-order chi connectivity index (χ1) is 8.91. The molecule has 2 rings (SSSR count). The predicted octanol–water partition coefficient (Wildman–Crippen LogP) is 4.30. The SMILES string of the molecule is CCOC1C(Br)CC1Oc1ccc(C(C)(C)C)cc1. The molecule has 0 aromatic heterocycles. The van der Waals surface area contributed by atoms with Crippen molar-refractivity contribution in [1.29, 1.82) is 0 Å². The van der Waals surface area contributed by atoms with Crippen molar-refractivity contribution in [2.24, 2.45) is 0 Å². The van der Waals surface area contributed by atoms with E-state index < -0.39 is 0 Å². The molecule has 19 heavy (non-hydrogen) atoms. The third-order valence-corrected chi connectivity index (χ3v) is 4.44. The molecule has 0 saturated heterocycles. The molecule has 1 aromatic carbocycles. The van der Waals surface area contributed by atoms with Crippen molar-refractivity contribution >= 4 is 15.9 Å². The van der Waals surface area contributed by atoms with Gasteiger partial charge in [-0.3, -0.25) is 0 Å². The Morgan fingerprint density at radius 1 is 1.21 bits per heavy atom. The van der Waals surface area contributed by atoms with Crippen LogP contribution in [0.15, 0.2) is 24.3 Å². The second-order valence-corrected chi connectivity index (χ2v) is 7.28. The fraction of sp³-hybridized carbons (Fsp3) is 0.625. The van der Waals surface area contributed by atoms with Gasteiger partial charge in [0.1, 0.15) is 18.0 Å². The molecule has 0 N–H and O–H groups in total. The smallest absolute Gasteiger partial charge is 0.127 e. The summed E-state index contributed by atoms with van der Waals surface area (Å²) in [6.07, 6.45) is 1.35. The lowest BCUT2D eigenvalue weighted by Gasteiger charge is -2.40.